The van der Waals surface area contributed by atoms with Gasteiger partial charge in [0, 0.05) is 5.39 Å². The maximum Gasteiger partial charge on any atom is 0.119 e. The zero-order chi connectivity index (χ0) is 12.4. The van der Waals surface area contributed by atoms with Crippen LogP contribution >= 0.6 is 11.6 Å². The third-order valence-electron chi connectivity index (χ3n) is 2.78. The summed E-state index contributed by atoms with van der Waals surface area (Å²) >= 11 is 6.07. The molecule has 2 rings (SSSR count). The molecule has 0 fully saturated rings. The third-order valence-corrected chi connectivity index (χ3v) is 3.08. The largest absolute Gasteiger partial charge is 0.393 e. The number of nitrogens with zero attached hydrogens (tertiary/aromatic N) is 1. The van der Waals surface area contributed by atoms with E-state index < -0.39 is 6.10 Å². The van der Waals surface area contributed by atoms with Crippen LogP contribution in [0.1, 0.15) is 24.3 Å². The van der Waals surface area contributed by atoms with E-state index in [0.29, 0.717) is 16.2 Å². The Morgan fingerprint density at radius 3 is 2.82 bits per heavy atom. The Labute approximate surface area is 105 Å². The van der Waals surface area contributed by atoms with Crippen molar-refractivity contribution < 1.29 is 10.2 Å². The molecule has 1 unspecified atom stereocenters. The number of hydrogen-bond donors (Lipinski definition) is 2. The quantitative estimate of drug-likeness (QED) is 0.881. The first-order valence-corrected chi connectivity index (χ1v) is 5.92. The van der Waals surface area contributed by atoms with Gasteiger partial charge in [0.1, 0.15) is 6.10 Å². The molecule has 0 aliphatic carbocycles. The van der Waals surface area contributed by atoms with Crippen molar-refractivity contribution in [1.29, 1.82) is 0 Å². The molecule has 0 saturated carbocycles. The van der Waals surface area contributed by atoms with Crippen molar-refractivity contribution in [2.75, 3.05) is 6.61 Å². The van der Waals surface area contributed by atoms with Crippen molar-refractivity contribution in [2.45, 2.75) is 19.4 Å². The number of aryl methyl sites for hydroxylation is 1. The number of aliphatic hydroxyl groups excluding tert-OH is 2. The summed E-state index contributed by atoms with van der Waals surface area (Å²) in [7, 11) is 0. The first-order valence-electron chi connectivity index (χ1n) is 5.54. The van der Waals surface area contributed by atoms with Crippen LogP contribution in [0.25, 0.3) is 10.9 Å². The summed E-state index contributed by atoms with van der Waals surface area (Å²) in [5.74, 6) is 0. The highest BCUT2D eigenvalue weighted by atomic mass is 35.5. The van der Waals surface area contributed by atoms with Crippen LogP contribution in [0.3, 0.4) is 0 Å². The van der Waals surface area contributed by atoms with Crippen molar-refractivity contribution >= 4 is 22.5 Å². The van der Waals surface area contributed by atoms with Crippen molar-refractivity contribution in [3.63, 3.8) is 0 Å². The summed E-state index contributed by atoms with van der Waals surface area (Å²) in [4.78, 5) is 4.37. The topological polar surface area (TPSA) is 53.4 Å². The lowest BCUT2D eigenvalue weighted by atomic mass is 10.0. The minimum absolute atomic E-state index is 0.337. The second kappa shape index (κ2) is 5.00. The number of halogens is 1. The molecule has 1 aromatic heterocycles. The summed E-state index contributed by atoms with van der Waals surface area (Å²) in [6.45, 7) is 1.65. The number of fused-ring (bicyclic) bond motifs is 1. The maximum atomic E-state index is 9.74. The molecule has 4 heteroatoms. The number of aromatic nitrogens is 1. The van der Waals surface area contributed by atoms with Gasteiger partial charge in [-0.3, -0.25) is 0 Å². The molecule has 0 bridgehead atoms. The Hall–Kier alpha value is -1.16. The molecule has 0 saturated heterocycles. The van der Waals surface area contributed by atoms with Gasteiger partial charge in [0.2, 0.25) is 0 Å². The molecule has 3 nitrogen and oxygen atoms in total. The fourth-order valence-corrected chi connectivity index (χ4v) is 2.10. The minimum atomic E-state index is -0.953. The highest BCUT2D eigenvalue weighted by Gasteiger charge is 2.14. The molecule has 0 amide bonds. The molecule has 2 aromatic rings. The Balaban J connectivity index is 2.70. The first kappa shape index (κ1) is 12.3. The fraction of sp³-hybridized carbons (Fsp3) is 0.308. The monoisotopic (exact) mass is 251 g/mol. The number of pyridine rings is 1. The lowest BCUT2D eigenvalue weighted by molar-refractivity contribution is 0.0918. The van der Waals surface area contributed by atoms with Gasteiger partial charge in [0.25, 0.3) is 0 Å². The predicted molar refractivity (Wildman–Crippen MR) is 68.2 cm³/mol. The molecule has 0 aliphatic rings. The Bertz CT molecular complexity index is 542. The van der Waals surface area contributed by atoms with E-state index in [-0.39, 0.29) is 6.61 Å². The standard InChI is InChI=1S/C13H14ClNO2/c1-2-8-6-9-4-3-5-10(14)12(9)15-13(8)11(17)7-16/h3-6,11,16-17H,2,7H2,1H3. The second-order valence-corrected chi connectivity index (χ2v) is 4.30. The van der Waals surface area contributed by atoms with Crippen LogP contribution in [0.15, 0.2) is 24.3 Å². The lowest BCUT2D eigenvalue weighted by Crippen LogP contribution is -2.09. The van der Waals surface area contributed by atoms with Gasteiger partial charge < -0.3 is 10.2 Å². The average molecular weight is 252 g/mol. The zero-order valence-corrected chi connectivity index (χ0v) is 10.3. The van der Waals surface area contributed by atoms with Gasteiger partial charge in [0.15, 0.2) is 0 Å². The van der Waals surface area contributed by atoms with Gasteiger partial charge in [-0.1, -0.05) is 30.7 Å². The third kappa shape index (κ3) is 2.27. The SMILES string of the molecule is CCc1cc2cccc(Cl)c2nc1C(O)CO. The van der Waals surface area contributed by atoms with E-state index >= 15 is 0 Å². The highest BCUT2D eigenvalue weighted by molar-refractivity contribution is 6.35. The van der Waals surface area contributed by atoms with Crippen molar-refractivity contribution in [3.8, 4) is 0 Å². The van der Waals surface area contributed by atoms with E-state index in [4.69, 9.17) is 16.7 Å². The fourth-order valence-electron chi connectivity index (χ4n) is 1.88. The predicted octanol–water partition coefficient (Wildman–Crippen LogP) is 2.48. The molecule has 1 aromatic carbocycles. The van der Waals surface area contributed by atoms with Crippen LogP contribution in [0.2, 0.25) is 5.02 Å². The van der Waals surface area contributed by atoms with E-state index in [0.717, 1.165) is 17.4 Å². The number of hydrogen-bond acceptors (Lipinski definition) is 3. The second-order valence-electron chi connectivity index (χ2n) is 3.90. The summed E-state index contributed by atoms with van der Waals surface area (Å²) in [5.41, 5.74) is 2.10. The number of para-hydroxylation sites is 1. The van der Waals surface area contributed by atoms with Crippen LogP contribution < -0.4 is 0 Å². The zero-order valence-electron chi connectivity index (χ0n) is 9.52. The molecular formula is C13H14ClNO2. The molecule has 17 heavy (non-hydrogen) atoms. The highest BCUT2D eigenvalue weighted by Crippen LogP contribution is 2.26. The number of rotatable bonds is 3. The Kier molecular flexibility index (Phi) is 3.62. The normalized spacial score (nSPS) is 12.9. The van der Waals surface area contributed by atoms with E-state index in [1.165, 1.54) is 0 Å². The van der Waals surface area contributed by atoms with Gasteiger partial charge in [0.05, 0.1) is 22.8 Å². The molecule has 1 atom stereocenters. The minimum Gasteiger partial charge on any atom is -0.393 e. The summed E-state index contributed by atoms with van der Waals surface area (Å²) in [6, 6.07) is 7.52. The summed E-state index contributed by atoms with van der Waals surface area (Å²) in [6.07, 6.45) is -0.201. The van der Waals surface area contributed by atoms with Crippen LogP contribution in [0.5, 0.6) is 0 Å². The Morgan fingerprint density at radius 1 is 1.41 bits per heavy atom. The van der Waals surface area contributed by atoms with Crippen molar-refractivity contribution in [1.82, 2.24) is 4.98 Å². The summed E-state index contributed by atoms with van der Waals surface area (Å²) in [5, 5.41) is 20.3. The molecule has 2 N–H and O–H groups in total. The maximum absolute atomic E-state index is 9.74. The molecule has 0 radical (unpaired) electrons. The van der Waals surface area contributed by atoms with Gasteiger partial charge in [-0.15, -0.1) is 0 Å². The van der Waals surface area contributed by atoms with Gasteiger partial charge in [-0.2, -0.15) is 0 Å². The summed E-state index contributed by atoms with van der Waals surface area (Å²) < 4.78 is 0. The molecular weight excluding hydrogens is 238 g/mol. The van der Waals surface area contributed by atoms with E-state index in [1.54, 1.807) is 6.07 Å². The van der Waals surface area contributed by atoms with Crippen LogP contribution in [-0.4, -0.2) is 21.8 Å². The van der Waals surface area contributed by atoms with Gasteiger partial charge >= 0.3 is 0 Å². The number of aliphatic hydroxyl groups is 2. The van der Waals surface area contributed by atoms with E-state index in [9.17, 15) is 5.11 Å². The van der Waals surface area contributed by atoms with Crippen LogP contribution in [0, 0.1) is 0 Å². The van der Waals surface area contributed by atoms with Gasteiger partial charge in [-0.25, -0.2) is 4.98 Å². The van der Waals surface area contributed by atoms with Crippen LogP contribution in [0.4, 0.5) is 0 Å². The molecule has 0 spiro atoms. The van der Waals surface area contributed by atoms with E-state index in [2.05, 4.69) is 4.98 Å². The average Bonchev–Trinajstić information content (AvgIpc) is 2.37. The smallest absolute Gasteiger partial charge is 0.119 e. The molecule has 0 aliphatic heterocycles. The van der Waals surface area contributed by atoms with Gasteiger partial charge in [-0.05, 0) is 24.1 Å². The van der Waals surface area contributed by atoms with Crippen molar-refractivity contribution in [3.05, 3.63) is 40.5 Å². The lowest BCUT2D eigenvalue weighted by Gasteiger charge is -2.13. The Morgan fingerprint density at radius 2 is 2.18 bits per heavy atom. The number of benzene rings is 1. The first-order chi connectivity index (χ1) is 8.17. The van der Waals surface area contributed by atoms with Crippen LogP contribution in [-0.2, 0) is 6.42 Å². The molecule has 1 heterocycles. The molecule has 90 valence electrons. The van der Waals surface area contributed by atoms with E-state index in [1.807, 2.05) is 25.1 Å². The van der Waals surface area contributed by atoms with Crippen molar-refractivity contribution in [2.24, 2.45) is 0 Å².